The minimum absolute atomic E-state index is 0.143. The summed E-state index contributed by atoms with van der Waals surface area (Å²) < 4.78 is 5.88. The third-order valence-corrected chi connectivity index (χ3v) is 5.11. The van der Waals surface area contributed by atoms with Crippen LogP contribution in [0.15, 0.2) is 52.9 Å². The van der Waals surface area contributed by atoms with E-state index in [1.807, 2.05) is 41.3 Å². The average molecular weight is 350 g/mol. The number of aryl methyl sites for hydroxylation is 1. The Morgan fingerprint density at radius 1 is 1.12 bits per heavy atom. The van der Waals surface area contributed by atoms with Crippen LogP contribution in [-0.4, -0.2) is 34.0 Å². The molecule has 0 aliphatic carbocycles. The number of likely N-dealkylation sites (tertiary alicyclic amines) is 1. The number of piperidine rings is 1. The Morgan fingerprint density at radius 3 is 2.62 bits per heavy atom. The van der Waals surface area contributed by atoms with Crippen LogP contribution < -0.4 is 0 Å². The predicted molar refractivity (Wildman–Crippen MR) is 99.0 cm³/mol. The van der Waals surface area contributed by atoms with Crippen LogP contribution in [0, 0.1) is 0 Å². The Labute approximate surface area is 152 Å². The van der Waals surface area contributed by atoms with Gasteiger partial charge in [0.25, 0.3) is 0 Å². The number of carbonyl (C=O) groups excluding carboxylic acids is 1. The molecule has 1 amide bonds. The maximum atomic E-state index is 12.5. The number of rotatable bonds is 4. The van der Waals surface area contributed by atoms with E-state index in [4.69, 9.17) is 4.42 Å². The number of benzene rings is 2. The fourth-order valence-corrected chi connectivity index (χ4v) is 3.56. The lowest BCUT2D eigenvalue weighted by molar-refractivity contribution is -0.132. The zero-order valence-electron chi connectivity index (χ0n) is 14.6. The van der Waals surface area contributed by atoms with Crippen LogP contribution in [0.4, 0.5) is 0 Å². The van der Waals surface area contributed by atoms with Crippen LogP contribution in [0.5, 0.6) is 5.75 Å². The molecule has 2 aromatic carbocycles. The van der Waals surface area contributed by atoms with Gasteiger partial charge in [-0.15, -0.1) is 0 Å². The number of hydrogen-bond acceptors (Lipinski definition) is 4. The van der Waals surface area contributed by atoms with E-state index >= 15 is 0 Å². The van der Waals surface area contributed by atoms with Crippen molar-refractivity contribution in [3.8, 4) is 5.75 Å². The summed E-state index contributed by atoms with van der Waals surface area (Å²) in [5, 5.41) is 9.81. The number of nitrogens with zero attached hydrogens (tertiary/aromatic N) is 2. The van der Waals surface area contributed by atoms with Crippen LogP contribution in [0.25, 0.3) is 11.1 Å². The number of carbonyl (C=O) groups is 1. The van der Waals surface area contributed by atoms with Crippen molar-refractivity contribution in [1.82, 2.24) is 9.88 Å². The second-order valence-corrected chi connectivity index (χ2v) is 6.80. The lowest BCUT2D eigenvalue weighted by atomic mass is 9.96. The van der Waals surface area contributed by atoms with Crippen LogP contribution in [-0.2, 0) is 11.2 Å². The molecule has 1 aliphatic rings. The zero-order chi connectivity index (χ0) is 17.9. The Hall–Kier alpha value is -2.82. The number of fused-ring (bicyclic) bond motifs is 1. The standard InChI is InChI=1S/C21H22N2O3/c24-18-7-3-1-5-15(18)9-10-20(25)23-13-11-16(12-14-23)21-22-17-6-2-4-8-19(17)26-21/h1-8,16,24H,9-14H2. The van der Waals surface area contributed by atoms with E-state index in [9.17, 15) is 9.90 Å². The van der Waals surface area contributed by atoms with Gasteiger partial charge in [-0.25, -0.2) is 4.98 Å². The van der Waals surface area contributed by atoms with E-state index in [0.29, 0.717) is 12.8 Å². The van der Waals surface area contributed by atoms with Crippen molar-refractivity contribution >= 4 is 17.0 Å². The number of hydrogen-bond donors (Lipinski definition) is 1. The van der Waals surface area contributed by atoms with Crippen molar-refractivity contribution in [3.05, 3.63) is 60.0 Å². The Balaban J connectivity index is 1.33. The Kier molecular flexibility index (Phi) is 4.61. The average Bonchev–Trinajstić information content (AvgIpc) is 3.11. The van der Waals surface area contributed by atoms with Crippen LogP contribution in [0.1, 0.15) is 36.6 Å². The Bertz CT molecular complexity index is 877. The molecule has 26 heavy (non-hydrogen) atoms. The molecule has 1 N–H and O–H groups in total. The number of amides is 1. The first-order valence-corrected chi connectivity index (χ1v) is 9.11. The highest BCUT2D eigenvalue weighted by Crippen LogP contribution is 2.30. The van der Waals surface area contributed by atoms with Gasteiger partial charge in [0.1, 0.15) is 11.3 Å². The van der Waals surface area contributed by atoms with Crippen molar-refractivity contribution in [3.63, 3.8) is 0 Å². The molecular weight excluding hydrogens is 328 g/mol. The maximum absolute atomic E-state index is 12.5. The smallest absolute Gasteiger partial charge is 0.222 e. The number of phenols is 1. The summed E-state index contributed by atoms with van der Waals surface area (Å²) in [5.41, 5.74) is 2.54. The molecule has 4 rings (SSSR count). The molecule has 0 bridgehead atoms. The van der Waals surface area contributed by atoms with Crippen molar-refractivity contribution in [2.24, 2.45) is 0 Å². The van der Waals surface area contributed by atoms with Crippen molar-refractivity contribution in [1.29, 1.82) is 0 Å². The first-order valence-electron chi connectivity index (χ1n) is 9.11. The van der Waals surface area contributed by atoms with E-state index in [2.05, 4.69) is 4.98 Å². The number of oxazole rings is 1. The van der Waals surface area contributed by atoms with Crippen molar-refractivity contribution < 1.29 is 14.3 Å². The fourth-order valence-electron chi connectivity index (χ4n) is 3.56. The minimum atomic E-state index is 0.143. The SMILES string of the molecule is O=C(CCc1ccccc1O)N1CCC(c2nc3ccccc3o2)CC1. The van der Waals surface area contributed by atoms with Gasteiger partial charge in [0, 0.05) is 25.4 Å². The van der Waals surface area contributed by atoms with Gasteiger partial charge >= 0.3 is 0 Å². The summed E-state index contributed by atoms with van der Waals surface area (Å²) in [5.74, 6) is 1.45. The summed E-state index contributed by atoms with van der Waals surface area (Å²) in [6, 6.07) is 15.0. The molecule has 1 aliphatic heterocycles. The van der Waals surface area contributed by atoms with E-state index in [0.717, 1.165) is 48.5 Å². The molecule has 0 saturated carbocycles. The van der Waals surface area contributed by atoms with Gasteiger partial charge in [-0.2, -0.15) is 0 Å². The van der Waals surface area contributed by atoms with Gasteiger partial charge in [0.05, 0.1) is 0 Å². The normalized spacial score (nSPS) is 15.5. The molecule has 5 heteroatoms. The molecule has 1 saturated heterocycles. The fraction of sp³-hybridized carbons (Fsp3) is 0.333. The summed E-state index contributed by atoms with van der Waals surface area (Å²) in [4.78, 5) is 19.0. The molecule has 0 radical (unpaired) electrons. The third kappa shape index (κ3) is 3.43. The van der Waals surface area contributed by atoms with Gasteiger partial charge < -0.3 is 14.4 Å². The summed E-state index contributed by atoms with van der Waals surface area (Å²) >= 11 is 0. The van der Waals surface area contributed by atoms with Crippen LogP contribution in [0.2, 0.25) is 0 Å². The van der Waals surface area contributed by atoms with Gasteiger partial charge in [0.15, 0.2) is 11.5 Å². The molecule has 1 fully saturated rings. The summed E-state index contributed by atoms with van der Waals surface area (Å²) in [7, 11) is 0. The minimum Gasteiger partial charge on any atom is -0.508 e. The van der Waals surface area contributed by atoms with Gasteiger partial charge in [0.2, 0.25) is 5.91 Å². The second-order valence-electron chi connectivity index (χ2n) is 6.80. The van der Waals surface area contributed by atoms with Gasteiger partial charge in [-0.1, -0.05) is 30.3 Å². The van der Waals surface area contributed by atoms with Crippen molar-refractivity contribution in [2.75, 3.05) is 13.1 Å². The number of para-hydroxylation sites is 3. The maximum Gasteiger partial charge on any atom is 0.222 e. The van der Waals surface area contributed by atoms with Gasteiger partial charge in [-0.05, 0) is 43.0 Å². The molecule has 3 aromatic rings. The molecular formula is C21H22N2O3. The highest BCUT2D eigenvalue weighted by Gasteiger charge is 2.26. The van der Waals surface area contributed by atoms with E-state index in [-0.39, 0.29) is 17.6 Å². The van der Waals surface area contributed by atoms with E-state index in [1.54, 1.807) is 12.1 Å². The zero-order valence-corrected chi connectivity index (χ0v) is 14.6. The summed E-state index contributed by atoms with van der Waals surface area (Å²) in [6.07, 6.45) is 2.73. The number of aromatic nitrogens is 1. The van der Waals surface area contributed by atoms with Gasteiger partial charge in [-0.3, -0.25) is 4.79 Å². The Morgan fingerprint density at radius 2 is 1.85 bits per heavy atom. The monoisotopic (exact) mass is 350 g/mol. The second kappa shape index (κ2) is 7.20. The highest BCUT2D eigenvalue weighted by atomic mass is 16.3. The van der Waals surface area contributed by atoms with Crippen molar-refractivity contribution in [2.45, 2.75) is 31.6 Å². The molecule has 134 valence electrons. The molecule has 2 heterocycles. The number of aromatic hydroxyl groups is 1. The summed E-state index contributed by atoms with van der Waals surface area (Å²) in [6.45, 7) is 1.45. The molecule has 0 unspecified atom stereocenters. The lowest BCUT2D eigenvalue weighted by Crippen LogP contribution is -2.38. The van der Waals surface area contributed by atoms with E-state index in [1.165, 1.54) is 0 Å². The first-order chi connectivity index (χ1) is 12.7. The number of phenolic OH excluding ortho intramolecular Hbond substituents is 1. The van der Waals surface area contributed by atoms with E-state index < -0.39 is 0 Å². The third-order valence-electron chi connectivity index (χ3n) is 5.11. The molecule has 1 aromatic heterocycles. The molecule has 0 spiro atoms. The first kappa shape index (κ1) is 16.6. The highest BCUT2D eigenvalue weighted by molar-refractivity contribution is 5.76. The molecule has 5 nitrogen and oxygen atoms in total. The quantitative estimate of drug-likeness (QED) is 0.776. The predicted octanol–water partition coefficient (Wildman–Crippen LogP) is 3.87. The largest absolute Gasteiger partial charge is 0.508 e. The van der Waals surface area contributed by atoms with Crippen LogP contribution in [0.3, 0.4) is 0 Å². The topological polar surface area (TPSA) is 66.6 Å². The lowest BCUT2D eigenvalue weighted by Gasteiger charge is -2.30. The molecule has 0 atom stereocenters. The van der Waals surface area contributed by atoms with Crippen LogP contribution >= 0.6 is 0 Å².